The molecule has 0 aliphatic heterocycles. The van der Waals surface area contributed by atoms with Crippen LogP contribution < -0.4 is 5.73 Å². The van der Waals surface area contributed by atoms with Gasteiger partial charge in [-0.05, 0) is 39.0 Å². The Kier molecular flexibility index (Phi) is 4.35. The molecule has 18 heavy (non-hydrogen) atoms. The lowest BCUT2D eigenvalue weighted by Crippen LogP contribution is -2.27. The van der Waals surface area contributed by atoms with Crippen molar-refractivity contribution in [3.8, 4) is 0 Å². The first-order valence-electron chi connectivity index (χ1n) is 6.94. The number of hydrogen-bond acceptors (Lipinski definition) is 5. The number of hydrogen-bond donors (Lipinski definition) is 1. The summed E-state index contributed by atoms with van der Waals surface area (Å²) in [7, 11) is 0. The van der Waals surface area contributed by atoms with E-state index in [1.54, 1.807) is 0 Å². The maximum Gasteiger partial charge on any atom is 0.231 e. The molecule has 102 valence electrons. The summed E-state index contributed by atoms with van der Waals surface area (Å²) in [5.74, 6) is 1.52. The van der Waals surface area contributed by atoms with E-state index in [1.807, 2.05) is 6.92 Å². The Morgan fingerprint density at radius 3 is 2.67 bits per heavy atom. The SMILES string of the molecule is CCOC1(c2noc(C(CC)CN)n2)CCCC1. The highest BCUT2D eigenvalue weighted by atomic mass is 16.5. The maximum atomic E-state index is 5.92. The molecule has 0 spiro atoms. The molecule has 0 bridgehead atoms. The van der Waals surface area contributed by atoms with Crippen molar-refractivity contribution in [2.75, 3.05) is 13.2 Å². The lowest BCUT2D eigenvalue weighted by molar-refractivity contribution is -0.0469. The summed E-state index contributed by atoms with van der Waals surface area (Å²) >= 11 is 0. The zero-order chi connectivity index (χ0) is 13.0. The van der Waals surface area contributed by atoms with Crippen LogP contribution in [0.3, 0.4) is 0 Å². The van der Waals surface area contributed by atoms with Crippen molar-refractivity contribution in [3.63, 3.8) is 0 Å². The van der Waals surface area contributed by atoms with Crippen molar-refractivity contribution in [2.45, 2.75) is 57.5 Å². The van der Waals surface area contributed by atoms with Gasteiger partial charge in [-0.3, -0.25) is 0 Å². The Balaban J connectivity index is 2.21. The molecule has 0 amide bonds. The second-order valence-electron chi connectivity index (χ2n) is 4.93. The molecule has 1 aliphatic carbocycles. The third-order valence-corrected chi connectivity index (χ3v) is 3.81. The van der Waals surface area contributed by atoms with E-state index in [2.05, 4.69) is 17.1 Å². The van der Waals surface area contributed by atoms with E-state index in [4.69, 9.17) is 15.0 Å². The maximum absolute atomic E-state index is 5.92. The monoisotopic (exact) mass is 253 g/mol. The average Bonchev–Trinajstić information content (AvgIpc) is 3.01. The van der Waals surface area contributed by atoms with Gasteiger partial charge in [0.05, 0.1) is 5.92 Å². The lowest BCUT2D eigenvalue weighted by Gasteiger charge is -2.24. The number of ether oxygens (including phenoxy) is 1. The Morgan fingerprint density at radius 2 is 2.11 bits per heavy atom. The predicted molar refractivity (Wildman–Crippen MR) is 68.2 cm³/mol. The van der Waals surface area contributed by atoms with Crippen molar-refractivity contribution in [2.24, 2.45) is 5.73 Å². The Morgan fingerprint density at radius 1 is 1.39 bits per heavy atom. The molecule has 1 aromatic heterocycles. The highest BCUT2D eigenvalue weighted by Gasteiger charge is 2.41. The van der Waals surface area contributed by atoms with Crippen LogP contribution >= 0.6 is 0 Å². The molecule has 0 radical (unpaired) electrons. The first-order chi connectivity index (χ1) is 8.75. The zero-order valence-electron chi connectivity index (χ0n) is 11.3. The van der Waals surface area contributed by atoms with Crippen LogP contribution in [0.15, 0.2) is 4.52 Å². The lowest BCUT2D eigenvalue weighted by atomic mass is 10.0. The molecule has 1 saturated carbocycles. The zero-order valence-corrected chi connectivity index (χ0v) is 11.3. The Labute approximate surface area is 108 Å². The molecule has 2 rings (SSSR count). The van der Waals surface area contributed by atoms with Crippen LogP contribution in [0.2, 0.25) is 0 Å². The molecule has 1 aliphatic rings. The van der Waals surface area contributed by atoms with Crippen molar-refractivity contribution < 1.29 is 9.26 Å². The van der Waals surface area contributed by atoms with Gasteiger partial charge in [-0.1, -0.05) is 12.1 Å². The molecular formula is C13H23N3O2. The van der Waals surface area contributed by atoms with Crippen molar-refractivity contribution in [3.05, 3.63) is 11.7 Å². The van der Waals surface area contributed by atoms with E-state index >= 15 is 0 Å². The topological polar surface area (TPSA) is 74.2 Å². The molecule has 0 saturated heterocycles. The molecule has 1 atom stereocenters. The third-order valence-electron chi connectivity index (χ3n) is 3.81. The molecule has 1 heterocycles. The van der Waals surface area contributed by atoms with Crippen LogP contribution in [0.1, 0.15) is 63.6 Å². The summed E-state index contributed by atoms with van der Waals surface area (Å²) in [6, 6.07) is 0. The molecule has 5 nitrogen and oxygen atoms in total. The van der Waals surface area contributed by atoms with Gasteiger partial charge in [0.15, 0.2) is 0 Å². The van der Waals surface area contributed by atoms with E-state index in [9.17, 15) is 0 Å². The van der Waals surface area contributed by atoms with Gasteiger partial charge in [0, 0.05) is 13.2 Å². The van der Waals surface area contributed by atoms with Gasteiger partial charge < -0.3 is 15.0 Å². The minimum Gasteiger partial charge on any atom is -0.367 e. The summed E-state index contributed by atoms with van der Waals surface area (Å²) in [4.78, 5) is 4.54. The molecule has 1 fully saturated rings. The largest absolute Gasteiger partial charge is 0.367 e. The second kappa shape index (κ2) is 5.80. The van der Waals surface area contributed by atoms with Crippen LogP contribution in [-0.4, -0.2) is 23.3 Å². The minimum absolute atomic E-state index is 0.159. The van der Waals surface area contributed by atoms with E-state index in [0.717, 1.165) is 32.1 Å². The van der Waals surface area contributed by atoms with Crippen LogP contribution in [-0.2, 0) is 10.3 Å². The first-order valence-corrected chi connectivity index (χ1v) is 6.94. The van der Waals surface area contributed by atoms with Gasteiger partial charge in [-0.15, -0.1) is 0 Å². The second-order valence-corrected chi connectivity index (χ2v) is 4.93. The fourth-order valence-corrected chi connectivity index (χ4v) is 2.68. The van der Waals surface area contributed by atoms with Crippen LogP contribution in [0.25, 0.3) is 0 Å². The minimum atomic E-state index is -0.316. The molecule has 1 aromatic rings. The summed E-state index contributed by atoms with van der Waals surface area (Å²) in [5, 5.41) is 4.14. The van der Waals surface area contributed by atoms with E-state index in [0.29, 0.717) is 24.9 Å². The smallest absolute Gasteiger partial charge is 0.231 e. The molecular weight excluding hydrogens is 230 g/mol. The summed E-state index contributed by atoms with van der Waals surface area (Å²) in [6.07, 6.45) is 5.22. The predicted octanol–water partition coefficient (Wildman–Crippen LogP) is 2.33. The fourth-order valence-electron chi connectivity index (χ4n) is 2.68. The van der Waals surface area contributed by atoms with E-state index in [-0.39, 0.29) is 11.5 Å². The van der Waals surface area contributed by atoms with Gasteiger partial charge in [-0.2, -0.15) is 4.98 Å². The standard InChI is InChI=1S/C13H23N3O2/c1-3-10(9-14)11-15-12(16-18-11)13(17-4-2)7-5-6-8-13/h10H,3-9,14H2,1-2H3. The van der Waals surface area contributed by atoms with Gasteiger partial charge in [0.1, 0.15) is 5.60 Å². The molecule has 1 unspecified atom stereocenters. The number of rotatable bonds is 6. The molecule has 5 heteroatoms. The normalized spacial score (nSPS) is 20.2. The van der Waals surface area contributed by atoms with E-state index in [1.165, 1.54) is 0 Å². The quantitative estimate of drug-likeness (QED) is 0.842. The van der Waals surface area contributed by atoms with Gasteiger partial charge in [-0.25, -0.2) is 0 Å². The Bertz CT molecular complexity index is 368. The fraction of sp³-hybridized carbons (Fsp3) is 0.846. The average molecular weight is 253 g/mol. The summed E-state index contributed by atoms with van der Waals surface area (Å²) in [6.45, 7) is 5.31. The summed E-state index contributed by atoms with van der Waals surface area (Å²) < 4.78 is 11.3. The molecule has 0 aromatic carbocycles. The first kappa shape index (κ1) is 13.5. The van der Waals surface area contributed by atoms with Crippen LogP contribution in [0, 0.1) is 0 Å². The van der Waals surface area contributed by atoms with Gasteiger partial charge in [0.25, 0.3) is 0 Å². The van der Waals surface area contributed by atoms with Crippen LogP contribution in [0.4, 0.5) is 0 Å². The van der Waals surface area contributed by atoms with Crippen molar-refractivity contribution in [1.82, 2.24) is 10.1 Å². The van der Waals surface area contributed by atoms with Crippen molar-refractivity contribution >= 4 is 0 Å². The Hall–Kier alpha value is -0.940. The molecule has 2 N–H and O–H groups in total. The number of aromatic nitrogens is 2. The van der Waals surface area contributed by atoms with Gasteiger partial charge >= 0.3 is 0 Å². The third kappa shape index (κ3) is 2.42. The van der Waals surface area contributed by atoms with Gasteiger partial charge in [0.2, 0.25) is 11.7 Å². The number of nitrogens with zero attached hydrogens (tertiary/aromatic N) is 2. The van der Waals surface area contributed by atoms with Crippen LogP contribution in [0.5, 0.6) is 0 Å². The number of nitrogens with two attached hydrogens (primary N) is 1. The highest BCUT2D eigenvalue weighted by molar-refractivity contribution is 5.06. The van der Waals surface area contributed by atoms with E-state index < -0.39 is 0 Å². The van der Waals surface area contributed by atoms with Crippen molar-refractivity contribution in [1.29, 1.82) is 0 Å². The highest BCUT2D eigenvalue weighted by Crippen LogP contribution is 2.41. The summed E-state index contributed by atoms with van der Waals surface area (Å²) in [5.41, 5.74) is 5.39.